The Bertz CT molecular complexity index is 984. The van der Waals surface area contributed by atoms with Gasteiger partial charge in [-0.3, -0.25) is 19.1 Å². The van der Waals surface area contributed by atoms with E-state index in [1.54, 1.807) is 11.0 Å². The molecule has 0 atom stereocenters. The van der Waals surface area contributed by atoms with Crippen molar-refractivity contribution in [2.75, 3.05) is 20.1 Å². The zero-order valence-corrected chi connectivity index (χ0v) is 17.0. The van der Waals surface area contributed by atoms with Crippen LogP contribution < -0.4 is 16.6 Å². The number of hydrogen-bond acceptors (Lipinski definition) is 5. The molecule has 0 aromatic carbocycles. The number of H-pyrrole nitrogens is 1. The molecular weight excluding hydrogens is 358 g/mol. The summed E-state index contributed by atoms with van der Waals surface area (Å²) in [6, 6.07) is 2.12. The Morgan fingerprint density at radius 3 is 2.57 bits per heavy atom. The van der Waals surface area contributed by atoms with Gasteiger partial charge in [-0.15, -0.1) is 0 Å². The Morgan fingerprint density at radius 1 is 1.32 bits per heavy atom. The average Bonchev–Trinajstić information content (AvgIpc) is 2.69. The van der Waals surface area contributed by atoms with Gasteiger partial charge in [-0.2, -0.15) is 0 Å². The average molecular weight is 387 g/mol. The highest BCUT2D eigenvalue weighted by Crippen LogP contribution is 2.22. The first-order valence-electron chi connectivity index (χ1n) is 10.0. The Hall–Kier alpha value is -2.48. The van der Waals surface area contributed by atoms with Crippen LogP contribution in [0.3, 0.4) is 0 Å². The first-order valence-corrected chi connectivity index (χ1v) is 10.0. The van der Waals surface area contributed by atoms with Crippen molar-refractivity contribution in [3.8, 4) is 0 Å². The zero-order chi connectivity index (χ0) is 20.4. The van der Waals surface area contributed by atoms with E-state index in [0.717, 1.165) is 19.3 Å². The maximum absolute atomic E-state index is 13.3. The summed E-state index contributed by atoms with van der Waals surface area (Å²) in [4.78, 5) is 47.1. The number of nitrogens with zero attached hydrogens (tertiary/aromatic N) is 3. The molecule has 0 saturated carbocycles. The number of carbonyl (C=O) groups excluding carboxylic acids is 1. The summed E-state index contributed by atoms with van der Waals surface area (Å²) in [7, 11) is 1.93. The van der Waals surface area contributed by atoms with Gasteiger partial charge in [-0.25, -0.2) is 9.78 Å². The smallest absolute Gasteiger partial charge is 0.329 e. The monoisotopic (exact) mass is 387 g/mol. The van der Waals surface area contributed by atoms with Gasteiger partial charge in [0.2, 0.25) is 0 Å². The second-order valence-electron chi connectivity index (χ2n) is 7.71. The van der Waals surface area contributed by atoms with Gasteiger partial charge >= 0.3 is 5.69 Å². The Morgan fingerprint density at radius 2 is 2.00 bits per heavy atom. The standard InChI is InChI=1S/C20H29N5O3/c1-5-8-25-17-16(18(26)23-20(25)28)14(11-15(22-17)12(2)3)19(27)24-9-6-13(21-4)7-10-24/h11-13,21H,5-10H2,1-4H3,(H,23,26,28). The molecule has 3 heterocycles. The minimum absolute atomic E-state index is 0.0652. The van der Waals surface area contributed by atoms with E-state index in [9.17, 15) is 14.4 Å². The molecule has 1 saturated heterocycles. The SMILES string of the molecule is CCCn1c(=O)[nH]c(=O)c2c(C(=O)N3CCC(NC)CC3)cc(C(C)C)nc21. The van der Waals surface area contributed by atoms with Crippen LogP contribution in [-0.4, -0.2) is 51.5 Å². The maximum atomic E-state index is 13.3. The van der Waals surface area contributed by atoms with Crippen LogP contribution >= 0.6 is 0 Å². The fourth-order valence-corrected chi connectivity index (χ4v) is 3.73. The van der Waals surface area contributed by atoms with E-state index in [1.807, 2.05) is 27.8 Å². The molecule has 0 aliphatic carbocycles. The van der Waals surface area contributed by atoms with E-state index in [-0.39, 0.29) is 17.2 Å². The number of aromatic nitrogens is 3. The summed E-state index contributed by atoms with van der Waals surface area (Å²) in [5.41, 5.74) is 0.304. The van der Waals surface area contributed by atoms with Crippen LogP contribution in [0, 0.1) is 0 Å². The third kappa shape index (κ3) is 3.73. The topological polar surface area (TPSA) is 100 Å². The predicted octanol–water partition coefficient (Wildman–Crippen LogP) is 1.44. The Labute approximate surface area is 164 Å². The second-order valence-corrected chi connectivity index (χ2v) is 7.71. The zero-order valence-electron chi connectivity index (χ0n) is 17.0. The number of hydrogen-bond donors (Lipinski definition) is 2. The van der Waals surface area contributed by atoms with Crippen LogP contribution in [0.4, 0.5) is 0 Å². The molecule has 2 aromatic rings. The molecule has 2 aromatic heterocycles. The van der Waals surface area contributed by atoms with Crippen LogP contribution in [0.2, 0.25) is 0 Å². The van der Waals surface area contributed by atoms with E-state index in [0.29, 0.717) is 42.6 Å². The normalized spacial score (nSPS) is 15.5. The van der Waals surface area contributed by atoms with Crippen molar-refractivity contribution in [1.29, 1.82) is 0 Å². The summed E-state index contributed by atoms with van der Waals surface area (Å²) >= 11 is 0. The lowest BCUT2D eigenvalue weighted by atomic mass is 10.0. The molecule has 152 valence electrons. The number of aryl methyl sites for hydroxylation is 1. The first-order chi connectivity index (χ1) is 13.4. The first kappa shape index (κ1) is 20.3. The number of pyridine rings is 1. The van der Waals surface area contributed by atoms with Crippen LogP contribution in [-0.2, 0) is 6.54 Å². The van der Waals surface area contributed by atoms with Crippen molar-refractivity contribution in [3.63, 3.8) is 0 Å². The highest BCUT2D eigenvalue weighted by atomic mass is 16.2. The lowest BCUT2D eigenvalue weighted by Crippen LogP contribution is -2.44. The van der Waals surface area contributed by atoms with Crippen molar-refractivity contribution < 1.29 is 4.79 Å². The Balaban J connectivity index is 2.18. The quantitative estimate of drug-likeness (QED) is 0.809. The molecule has 8 nitrogen and oxygen atoms in total. The van der Waals surface area contributed by atoms with Crippen molar-refractivity contribution in [2.24, 2.45) is 0 Å². The fourth-order valence-electron chi connectivity index (χ4n) is 3.73. The Kier molecular flexibility index (Phi) is 5.98. The highest BCUT2D eigenvalue weighted by molar-refractivity contribution is 6.05. The van der Waals surface area contributed by atoms with Crippen LogP contribution in [0.1, 0.15) is 62.0 Å². The van der Waals surface area contributed by atoms with Crippen molar-refractivity contribution >= 4 is 16.9 Å². The van der Waals surface area contributed by atoms with Gasteiger partial charge in [-0.05, 0) is 38.3 Å². The van der Waals surface area contributed by atoms with Gasteiger partial charge in [0, 0.05) is 31.4 Å². The number of nitrogens with one attached hydrogen (secondary N) is 2. The molecule has 1 amide bonds. The molecule has 1 aliphatic heterocycles. The number of amides is 1. The molecule has 3 rings (SSSR count). The molecule has 0 unspecified atom stereocenters. The van der Waals surface area contributed by atoms with E-state index in [2.05, 4.69) is 15.3 Å². The highest BCUT2D eigenvalue weighted by Gasteiger charge is 2.27. The summed E-state index contributed by atoms with van der Waals surface area (Å²) < 4.78 is 1.46. The number of fused-ring (bicyclic) bond motifs is 1. The molecule has 0 bridgehead atoms. The third-order valence-electron chi connectivity index (χ3n) is 5.43. The largest absolute Gasteiger partial charge is 0.339 e. The lowest BCUT2D eigenvalue weighted by Gasteiger charge is -2.32. The molecule has 1 fully saturated rings. The molecular formula is C20H29N5O3. The van der Waals surface area contributed by atoms with E-state index in [1.165, 1.54) is 4.57 Å². The molecule has 28 heavy (non-hydrogen) atoms. The van der Waals surface area contributed by atoms with Crippen LogP contribution in [0.5, 0.6) is 0 Å². The number of carbonyl (C=O) groups is 1. The van der Waals surface area contributed by atoms with Gasteiger partial charge < -0.3 is 10.2 Å². The molecule has 0 radical (unpaired) electrons. The maximum Gasteiger partial charge on any atom is 0.329 e. The lowest BCUT2D eigenvalue weighted by molar-refractivity contribution is 0.0709. The molecule has 8 heteroatoms. The third-order valence-corrected chi connectivity index (χ3v) is 5.43. The number of aromatic amines is 1. The van der Waals surface area contributed by atoms with Gasteiger partial charge in [0.25, 0.3) is 11.5 Å². The van der Waals surface area contributed by atoms with Crippen LogP contribution in [0.15, 0.2) is 15.7 Å². The molecule has 1 aliphatic rings. The number of rotatable bonds is 5. The van der Waals surface area contributed by atoms with E-state index < -0.39 is 11.2 Å². The van der Waals surface area contributed by atoms with Crippen LogP contribution in [0.25, 0.3) is 11.0 Å². The minimum atomic E-state index is -0.552. The van der Waals surface area contributed by atoms with E-state index in [4.69, 9.17) is 0 Å². The summed E-state index contributed by atoms with van der Waals surface area (Å²) in [5, 5.41) is 3.46. The van der Waals surface area contributed by atoms with Crippen molar-refractivity contribution in [3.05, 3.63) is 38.2 Å². The number of piperidine rings is 1. The van der Waals surface area contributed by atoms with Crippen molar-refractivity contribution in [2.45, 2.75) is 58.5 Å². The summed E-state index contributed by atoms with van der Waals surface area (Å²) in [6.45, 7) is 7.62. The predicted molar refractivity (Wildman–Crippen MR) is 109 cm³/mol. The van der Waals surface area contributed by atoms with Crippen molar-refractivity contribution in [1.82, 2.24) is 24.8 Å². The molecule has 2 N–H and O–H groups in total. The second kappa shape index (κ2) is 8.26. The summed E-state index contributed by atoms with van der Waals surface area (Å²) in [6.07, 6.45) is 2.47. The minimum Gasteiger partial charge on any atom is -0.339 e. The van der Waals surface area contributed by atoms with Gasteiger partial charge in [-0.1, -0.05) is 20.8 Å². The molecule has 0 spiro atoms. The van der Waals surface area contributed by atoms with Gasteiger partial charge in [0.1, 0.15) is 0 Å². The number of likely N-dealkylation sites (tertiary alicyclic amines) is 1. The van der Waals surface area contributed by atoms with Gasteiger partial charge in [0.15, 0.2) is 5.65 Å². The fraction of sp³-hybridized carbons (Fsp3) is 0.600. The van der Waals surface area contributed by atoms with Gasteiger partial charge in [0.05, 0.1) is 10.9 Å². The van der Waals surface area contributed by atoms with E-state index >= 15 is 0 Å². The summed E-state index contributed by atoms with van der Waals surface area (Å²) in [5.74, 6) is -0.105.